The number of anilines is 3. The van der Waals surface area contributed by atoms with Crippen LogP contribution in [0.4, 0.5) is 17.1 Å². The summed E-state index contributed by atoms with van der Waals surface area (Å²) in [6.45, 7) is 0. The number of hydrogen-bond donors (Lipinski definition) is 0. The number of rotatable bonds is 5. The van der Waals surface area contributed by atoms with Crippen molar-refractivity contribution in [3.05, 3.63) is 176 Å². The number of benzene rings is 7. The first-order chi connectivity index (χ1) is 23.8. The van der Waals surface area contributed by atoms with Gasteiger partial charge in [0.25, 0.3) is 0 Å². The van der Waals surface area contributed by atoms with Gasteiger partial charge in [0.05, 0.1) is 22.9 Å². The molecule has 0 saturated carbocycles. The van der Waals surface area contributed by atoms with Gasteiger partial charge in [-0.15, -0.1) is 0 Å². The van der Waals surface area contributed by atoms with E-state index < -0.39 is 0 Å². The van der Waals surface area contributed by atoms with Crippen molar-refractivity contribution < 1.29 is 0 Å². The monoisotopic (exact) mass is 611 g/mol. The van der Waals surface area contributed by atoms with Crippen LogP contribution in [0.25, 0.3) is 71.6 Å². The Bertz CT molecular complexity index is 2570. The van der Waals surface area contributed by atoms with Gasteiger partial charge in [-0.1, -0.05) is 103 Å². The number of hydrogen-bond acceptors (Lipinski definition) is 2. The second-order valence-corrected chi connectivity index (χ2v) is 12.4. The summed E-state index contributed by atoms with van der Waals surface area (Å²) in [6.07, 6.45) is 3.75. The zero-order valence-corrected chi connectivity index (χ0v) is 26.1. The summed E-state index contributed by atoms with van der Waals surface area (Å²) in [4.78, 5) is 6.75. The van der Waals surface area contributed by atoms with Crippen LogP contribution in [0.5, 0.6) is 0 Å². The Hall–Kier alpha value is -6.45. The Labute approximate surface area is 278 Å². The molecule has 10 rings (SSSR count). The Balaban J connectivity index is 1.05. The van der Waals surface area contributed by atoms with Crippen molar-refractivity contribution in [1.82, 2.24) is 9.55 Å². The van der Waals surface area contributed by atoms with Crippen molar-refractivity contribution in [3.63, 3.8) is 0 Å². The van der Waals surface area contributed by atoms with Crippen LogP contribution in [0.1, 0.15) is 0 Å². The molecule has 1 aliphatic carbocycles. The maximum absolute atomic E-state index is 4.48. The van der Waals surface area contributed by atoms with Crippen LogP contribution in [0.2, 0.25) is 0 Å². The molecule has 48 heavy (non-hydrogen) atoms. The quantitative estimate of drug-likeness (QED) is 0.193. The standard InChI is InChI=1S/C45H29N3/c1-2-11-37-36(10-1)41-15-7-14-40-35(26-27-42(37)45(40)41)30-18-20-31(21-19-30)47(34-9-8-28-46-29-34)32-22-24-33(25-23-32)48-43-16-5-3-12-38(43)39-13-4-6-17-44(39)48/h1-29H. The number of pyridine rings is 1. The molecule has 0 unspecified atom stereocenters. The highest BCUT2D eigenvalue weighted by Crippen LogP contribution is 2.49. The highest BCUT2D eigenvalue weighted by molar-refractivity contribution is 6.18. The van der Waals surface area contributed by atoms with Crippen LogP contribution in [-0.4, -0.2) is 9.55 Å². The van der Waals surface area contributed by atoms with E-state index in [4.69, 9.17) is 0 Å². The number of para-hydroxylation sites is 2. The average Bonchev–Trinajstić information content (AvgIpc) is 3.67. The van der Waals surface area contributed by atoms with Crippen LogP contribution in [0.15, 0.2) is 176 Å². The normalized spacial score (nSPS) is 11.8. The molecule has 2 heterocycles. The van der Waals surface area contributed by atoms with Crippen molar-refractivity contribution in [3.8, 4) is 39.1 Å². The number of fused-ring (bicyclic) bond motifs is 6. The van der Waals surface area contributed by atoms with Gasteiger partial charge < -0.3 is 9.47 Å². The number of nitrogens with zero attached hydrogens (tertiary/aromatic N) is 3. The predicted octanol–water partition coefficient (Wildman–Crippen LogP) is 12.1. The molecule has 0 atom stereocenters. The summed E-state index contributed by atoms with van der Waals surface area (Å²) in [5, 5.41) is 5.16. The molecular weight excluding hydrogens is 583 g/mol. The minimum atomic E-state index is 1.01. The Kier molecular flexibility index (Phi) is 5.87. The third kappa shape index (κ3) is 3.98. The topological polar surface area (TPSA) is 21.1 Å². The van der Waals surface area contributed by atoms with E-state index in [9.17, 15) is 0 Å². The van der Waals surface area contributed by atoms with Crippen molar-refractivity contribution in [2.45, 2.75) is 0 Å². The summed E-state index contributed by atoms with van der Waals surface area (Å²) >= 11 is 0. The van der Waals surface area contributed by atoms with E-state index in [0.29, 0.717) is 0 Å². The molecule has 0 N–H and O–H groups in total. The molecule has 0 saturated heterocycles. The van der Waals surface area contributed by atoms with Gasteiger partial charge in [-0.2, -0.15) is 0 Å². The Morgan fingerprint density at radius 1 is 0.396 bits per heavy atom. The van der Waals surface area contributed by atoms with E-state index in [1.165, 1.54) is 66.0 Å². The molecule has 3 nitrogen and oxygen atoms in total. The Morgan fingerprint density at radius 3 is 1.62 bits per heavy atom. The molecular formula is C45H29N3. The summed E-state index contributed by atoms with van der Waals surface area (Å²) in [6, 6.07) is 59.2. The SMILES string of the molecule is c1cncc(N(c2ccc(-c3ccc4c5c(cccc35)-c3ccccc3-4)cc2)c2ccc(-n3c4ccccc4c4ccccc43)cc2)c1. The predicted molar refractivity (Wildman–Crippen MR) is 201 cm³/mol. The first kappa shape index (κ1) is 26.7. The molecule has 224 valence electrons. The lowest BCUT2D eigenvalue weighted by atomic mass is 9.94. The first-order valence-electron chi connectivity index (χ1n) is 16.4. The van der Waals surface area contributed by atoms with Crippen LogP contribution >= 0.6 is 0 Å². The third-order valence-corrected chi connectivity index (χ3v) is 9.83. The van der Waals surface area contributed by atoms with Crippen molar-refractivity contribution >= 4 is 49.6 Å². The maximum Gasteiger partial charge on any atom is 0.0644 e. The lowest BCUT2D eigenvalue weighted by Crippen LogP contribution is -2.10. The van der Waals surface area contributed by atoms with Gasteiger partial charge in [-0.25, -0.2) is 0 Å². The molecule has 0 radical (unpaired) electrons. The van der Waals surface area contributed by atoms with Gasteiger partial charge in [-0.05, 0) is 105 Å². The van der Waals surface area contributed by atoms with E-state index in [1.54, 1.807) is 0 Å². The first-order valence-corrected chi connectivity index (χ1v) is 16.4. The molecule has 9 aromatic rings. The fourth-order valence-corrected chi connectivity index (χ4v) is 7.73. The van der Waals surface area contributed by atoms with E-state index >= 15 is 0 Å². The van der Waals surface area contributed by atoms with Crippen LogP contribution in [-0.2, 0) is 0 Å². The zero-order chi connectivity index (χ0) is 31.6. The summed E-state index contributed by atoms with van der Waals surface area (Å²) < 4.78 is 2.36. The smallest absolute Gasteiger partial charge is 0.0644 e. The fraction of sp³-hybridized carbons (Fsp3) is 0. The maximum atomic E-state index is 4.48. The molecule has 0 bridgehead atoms. The third-order valence-electron chi connectivity index (χ3n) is 9.83. The molecule has 2 aromatic heterocycles. The highest BCUT2D eigenvalue weighted by Gasteiger charge is 2.22. The zero-order valence-electron chi connectivity index (χ0n) is 26.1. The molecule has 3 heteroatoms. The largest absolute Gasteiger partial charge is 0.309 e. The van der Waals surface area contributed by atoms with E-state index in [0.717, 1.165) is 22.7 Å². The number of aromatic nitrogens is 2. The van der Waals surface area contributed by atoms with Gasteiger partial charge >= 0.3 is 0 Å². The molecule has 1 aliphatic rings. The highest BCUT2D eigenvalue weighted by atomic mass is 15.1. The van der Waals surface area contributed by atoms with Crippen molar-refractivity contribution in [2.24, 2.45) is 0 Å². The van der Waals surface area contributed by atoms with Gasteiger partial charge in [0, 0.05) is 34.0 Å². The fourth-order valence-electron chi connectivity index (χ4n) is 7.73. The molecule has 0 amide bonds. The lowest BCUT2D eigenvalue weighted by Gasteiger charge is -2.25. The molecule has 0 spiro atoms. The van der Waals surface area contributed by atoms with Gasteiger partial charge in [0.1, 0.15) is 0 Å². The van der Waals surface area contributed by atoms with Crippen LogP contribution in [0, 0.1) is 0 Å². The van der Waals surface area contributed by atoms with E-state index in [-0.39, 0.29) is 0 Å². The summed E-state index contributed by atoms with van der Waals surface area (Å²) in [5.74, 6) is 0. The van der Waals surface area contributed by atoms with Crippen LogP contribution in [0.3, 0.4) is 0 Å². The molecule has 0 aliphatic heterocycles. The van der Waals surface area contributed by atoms with E-state index in [1.807, 2.05) is 18.5 Å². The minimum absolute atomic E-state index is 1.01. The van der Waals surface area contributed by atoms with Crippen LogP contribution < -0.4 is 4.90 Å². The molecule has 7 aromatic carbocycles. The lowest BCUT2D eigenvalue weighted by molar-refractivity contribution is 1.17. The summed E-state index contributed by atoms with van der Waals surface area (Å²) in [7, 11) is 0. The van der Waals surface area contributed by atoms with E-state index in [2.05, 4.69) is 172 Å². The average molecular weight is 612 g/mol. The second-order valence-electron chi connectivity index (χ2n) is 12.4. The minimum Gasteiger partial charge on any atom is -0.309 e. The Morgan fingerprint density at radius 2 is 0.958 bits per heavy atom. The van der Waals surface area contributed by atoms with Crippen molar-refractivity contribution in [1.29, 1.82) is 0 Å². The molecule has 0 fully saturated rings. The van der Waals surface area contributed by atoms with Gasteiger partial charge in [0.15, 0.2) is 0 Å². The van der Waals surface area contributed by atoms with Gasteiger partial charge in [0.2, 0.25) is 0 Å². The summed E-state index contributed by atoms with van der Waals surface area (Å²) in [5.41, 5.74) is 14.4. The van der Waals surface area contributed by atoms with Crippen molar-refractivity contribution in [2.75, 3.05) is 4.90 Å². The second kappa shape index (κ2) is 10.5. The van der Waals surface area contributed by atoms with Gasteiger partial charge in [-0.3, -0.25) is 4.98 Å².